The van der Waals surface area contributed by atoms with Gasteiger partial charge < -0.3 is 34.9 Å². The third kappa shape index (κ3) is 8.29. The third-order valence-corrected chi connectivity index (χ3v) is 11.8. The number of likely N-dealkylation sites (tertiary alicyclic amines) is 1. The minimum Gasteiger partial charge on any atom is -0.506 e. The van der Waals surface area contributed by atoms with Crippen molar-refractivity contribution in [3.63, 3.8) is 0 Å². The third-order valence-electron chi connectivity index (χ3n) is 11.5. The van der Waals surface area contributed by atoms with Crippen LogP contribution in [-0.4, -0.2) is 95.4 Å². The number of halogens is 1. The van der Waals surface area contributed by atoms with Gasteiger partial charge in [0.1, 0.15) is 17.6 Å². The number of carbonyl (C=O) groups excluding carboxylic acids is 2. The van der Waals surface area contributed by atoms with Crippen molar-refractivity contribution < 1.29 is 29.3 Å². The Morgan fingerprint density at radius 3 is 2.46 bits per heavy atom. The highest BCUT2D eigenvalue weighted by atomic mass is 35.5. The zero-order chi connectivity index (χ0) is 37.7. The number of amides is 1. The van der Waals surface area contributed by atoms with Crippen molar-refractivity contribution in [3.8, 4) is 11.5 Å². The van der Waals surface area contributed by atoms with E-state index in [1.165, 1.54) is 12.1 Å². The number of phenols is 1. The van der Waals surface area contributed by atoms with E-state index < -0.39 is 11.5 Å². The zero-order valence-corrected chi connectivity index (χ0v) is 31.2. The minimum absolute atomic E-state index is 0.0389. The van der Waals surface area contributed by atoms with Crippen molar-refractivity contribution in [1.29, 1.82) is 0 Å². The van der Waals surface area contributed by atoms with Gasteiger partial charge in [0.05, 0.1) is 28.7 Å². The quantitative estimate of drug-likeness (QED) is 0.0959. The standard InChI is InChI=1S/C42H49ClN4O7/c43-33-25-29(9-13-36(33)53-24-6-2-5-19-44-26-35(49)31-10-12-34(48)39-32(31)11-14-38(50)45-39)40(51)47-22-17-42(18-23-47,30-7-3-1-4-8-30)41(52)54-37-27-46-20-15-28(37)16-21-46/h1,3-4,7-14,25,28,35,37,44,48-49H,2,5-6,15-24,26-27H2,(H,45,50)/t35?,37-/m0/s1. The van der Waals surface area contributed by atoms with Crippen LogP contribution in [0.2, 0.25) is 5.02 Å². The molecule has 8 rings (SSSR count). The fourth-order valence-corrected chi connectivity index (χ4v) is 8.53. The fraction of sp³-hybridized carbons (Fsp3) is 0.452. The first-order valence-corrected chi connectivity index (χ1v) is 19.5. The molecule has 0 spiro atoms. The summed E-state index contributed by atoms with van der Waals surface area (Å²) in [5.41, 5.74) is 1.26. The number of benzene rings is 3. The Bertz CT molecular complexity index is 1990. The van der Waals surface area contributed by atoms with E-state index in [0.717, 1.165) is 57.3 Å². The maximum absolute atomic E-state index is 14.0. The molecule has 2 atom stereocenters. The minimum atomic E-state index is -0.805. The van der Waals surface area contributed by atoms with Crippen LogP contribution < -0.4 is 15.6 Å². The first-order valence-electron chi connectivity index (χ1n) is 19.2. The molecule has 3 aromatic carbocycles. The van der Waals surface area contributed by atoms with Crippen molar-refractivity contribution in [3.05, 3.63) is 105 Å². The van der Waals surface area contributed by atoms with Crippen LogP contribution >= 0.6 is 11.6 Å². The number of carbonyl (C=O) groups is 2. The van der Waals surface area contributed by atoms with Gasteiger partial charge in [-0.15, -0.1) is 0 Å². The van der Waals surface area contributed by atoms with E-state index in [4.69, 9.17) is 21.1 Å². The Labute approximate surface area is 320 Å². The molecule has 0 aliphatic carbocycles. The maximum Gasteiger partial charge on any atom is 0.317 e. The van der Waals surface area contributed by atoms with Crippen LogP contribution in [0.5, 0.6) is 11.5 Å². The topological polar surface area (TPSA) is 144 Å². The van der Waals surface area contributed by atoms with E-state index in [2.05, 4.69) is 15.2 Å². The van der Waals surface area contributed by atoms with Crippen LogP contribution in [0, 0.1) is 5.92 Å². The molecule has 4 aliphatic rings. The maximum atomic E-state index is 14.0. The van der Waals surface area contributed by atoms with Crippen LogP contribution in [0.15, 0.2) is 77.6 Å². The number of aliphatic hydroxyl groups excluding tert-OH is 1. The van der Waals surface area contributed by atoms with Gasteiger partial charge in [0, 0.05) is 43.2 Å². The van der Waals surface area contributed by atoms with Gasteiger partial charge in [-0.1, -0.05) is 48.0 Å². The molecule has 0 radical (unpaired) electrons. The summed E-state index contributed by atoms with van der Waals surface area (Å²) in [7, 11) is 0. The largest absolute Gasteiger partial charge is 0.506 e. The number of H-pyrrole nitrogens is 1. The predicted octanol–water partition coefficient (Wildman–Crippen LogP) is 5.57. The molecule has 1 unspecified atom stereocenters. The number of fused-ring (bicyclic) bond motifs is 4. The van der Waals surface area contributed by atoms with E-state index in [1.807, 2.05) is 30.3 Å². The van der Waals surface area contributed by atoms with Crippen molar-refractivity contribution in [1.82, 2.24) is 20.1 Å². The second-order valence-electron chi connectivity index (χ2n) is 14.9. The fourth-order valence-electron chi connectivity index (χ4n) is 8.30. The second kappa shape index (κ2) is 16.9. The number of nitrogens with zero attached hydrogens (tertiary/aromatic N) is 2. The second-order valence-corrected chi connectivity index (χ2v) is 15.3. The van der Waals surface area contributed by atoms with Gasteiger partial charge in [0.25, 0.3) is 5.91 Å². The van der Waals surface area contributed by atoms with Gasteiger partial charge >= 0.3 is 5.97 Å². The Balaban J connectivity index is 0.852. The van der Waals surface area contributed by atoms with Gasteiger partial charge in [0.2, 0.25) is 5.56 Å². The molecule has 0 saturated carbocycles. The van der Waals surface area contributed by atoms with E-state index in [-0.39, 0.29) is 29.3 Å². The van der Waals surface area contributed by atoms with E-state index in [0.29, 0.717) is 84.3 Å². The van der Waals surface area contributed by atoms with Crippen molar-refractivity contribution in [2.24, 2.45) is 5.92 Å². The van der Waals surface area contributed by atoms with E-state index >= 15 is 0 Å². The molecule has 286 valence electrons. The molecular weight excluding hydrogens is 708 g/mol. The van der Waals surface area contributed by atoms with Crippen LogP contribution in [0.4, 0.5) is 0 Å². The Morgan fingerprint density at radius 2 is 1.74 bits per heavy atom. The summed E-state index contributed by atoms with van der Waals surface area (Å²) in [5.74, 6) is 0.620. The lowest BCUT2D eigenvalue weighted by molar-refractivity contribution is -0.167. The summed E-state index contributed by atoms with van der Waals surface area (Å²) < 4.78 is 12.2. The lowest BCUT2D eigenvalue weighted by Gasteiger charge is -2.46. The molecule has 4 N–H and O–H groups in total. The molecule has 54 heavy (non-hydrogen) atoms. The van der Waals surface area contributed by atoms with Crippen molar-refractivity contribution in [2.45, 2.75) is 62.6 Å². The van der Waals surface area contributed by atoms with Crippen molar-refractivity contribution in [2.75, 3.05) is 52.4 Å². The number of pyridine rings is 1. The molecule has 4 saturated heterocycles. The molecule has 5 heterocycles. The van der Waals surface area contributed by atoms with Gasteiger partial charge in [-0.05, 0) is 112 Å². The normalized spacial score (nSPS) is 21.1. The lowest BCUT2D eigenvalue weighted by Crippen LogP contribution is -2.55. The SMILES string of the molecule is O=C(c1ccc(OCCCCCNCC(O)c2ccc(O)c3[nH]c(=O)ccc23)c(Cl)c1)N1CCC(C(=O)O[C@H]2CN3CCC2CC3)(c2ccccc2)CC1. The number of aromatic nitrogens is 1. The Hall–Kier alpha value is -4.42. The number of hydrogen-bond acceptors (Lipinski definition) is 9. The van der Waals surface area contributed by atoms with Crippen molar-refractivity contribution >= 4 is 34.4 Å². The van der Waals surface area contributed by atoms with Gasteiger partial charge in [-0.2, -0.15) is 0 Å². The lowest BCUT2D eigenvalue weighted by atomic mass is 9.72. The summed E-state index contributed by atoms with van der Waals surface area (Å²) >= 11 is 6.59. The highest BCUT2D eigenvalue weighted by molar-refractivity contribution is 6.32. The monoisotopic (exact) mass is 756 g/mol. The average molecular weight is 757 g/mol. The molecule has 2 bridgehead atoms. The molecule has 1 amide bonds. The van der Waals surface area contributed by atoms with Gasteiger partial charge in [-0.25, -0.2) is 0 Å². The predicted molar refractivity (Wildman–Crippen MR) is 207 cm³/mol. The number of piperidine rings is 4. The van der Waals surface area contributed by atoms with Crippen LogP contribution in [0.1, 0.15) is 72.5 Å². The first-order chi connectivity index (χ1) is 26.2. The molecule has 4 aromatic rings. The first kappa shape index (κ1) is 37.9. The highest BCUT2D eigenvalue weighted by Crippen LogP contribution is 2.40. The summed E-state index contributed by atoms with van der Waals surface area (Å²) in [5, 5.41) is 25.1. The Kier molecular flexibility index (Phi) is 11.9. The van der Waals surface area contributed by atoms with Gasteiger partial charge in [-0.3, -0.25) is 19.3 Å². The molecule has 4 aliphatic heterocycles. The number of esters is 1. The summed E-state index contributed by atoms with van der Waals surface area (Å²) in [6, 6.07) is 21.1. The van der Waals surface area contributed by atoms with E-state index in [1.54, 1.807) is 35.2 Å². The van der Waals surface area contributed by atoms with Gasteiger partial charge in [0.15, 0.2) is 0 Å². The van der Waals surface area contributed by atoms with E-state index in [9.17, 15) is 24.6 Å². The highest BCUT2D eigenvalue weighted by Gasteiger charge is 2.47. The number of aromatic amines is 1. The number of unbranched alkanes of at least 4 members (excludes halogenated alkanes) is 2. The number of aliphatic hydroxyl groups is 1. The summed E-state index contributed by atoms with van der Waals surface area (Å²) in [4.78, 5) is 46.1. The number of rotatable bonds is 14. The zero-order valence-electron chi connectivity index (χ0n) is 30.5. The number of hydrogen-bond donors (Lipinski definition) is 4. The number of ether oxygens (including phenoxy) is 2. The van der Waals surface area contributed by atoms with Crippen LogP contribution in [0.3, 0.4) is 0 Å². The Morgan fingerprint density at radius 1 is 0.963 bits per heavy atom. The van der Waals surface area contributed by atoms with Crippen LogP contribution in [-0.2, 0) is 14.9 Å². The molecule has 12 heteroatoms. The number of nitrogens with one attached hydrogen (secondary N) is 2. The number of phenolic OH excluding ortho intramolecular Hbond substituents is 1. The smallest absolute Gasteiger partial charge is 0.317 e. The summed E-state index contributed by atoms with van der Waals surface area (Å²) in [6.45, 7) is 5.34. The molecule has 11 nitrogen and oxygen atoms in total. The molecule has 4 fully saturated rings. The molecular formula is C42H49ClN4O7. The average Bonchev–Trinajstić information content (AvgIpc) is 3.20. The molecule has 1 aromatic heterocycles. The van der Waals surface area contributed by atoms with Crippen LogP contribution in [0.25, 0.3) is 10.9 Å². The summed E-state index contributed by atoms with van der Waals surface area (Å²) in [6.07, 6.45) is 4.83. The number of aromatic hydroxyl groups is 1.